The third-order valence-corrected chi connectivity index (χ3v) is 12.1. The molecule has 14 heteroatoms. The number of aliphatic hydroxyl groups is 5. The number of carbonyl (C=O) groups is 2. The molecule has 0 bridgehead atoms. The summed E-state index contributed by atoms with van der Waals surface area (Å²) >= 11 is 0. The fraction of sp³-hybridized carbons (Fsp3) is 0.760. The lowest BCUT2D eigenvalue weighted by atomic mass is 9.85. The van der Waals surface area contributed by atoms with E-state index in [2.05, 4.69) is 62.5 Å². The highest BCUT2D eigenvalue weighted by molar-refractivity contribution is 7.47. The van der Waals surface area contributed by atoms with E-state index in [0.717, 1.165) is 51.4 Å². The molecule has 13 nitrogen and oxygen atoms in total. The highest BCUT2D eigenvalue weighted by Gasteiger charge is 2.51. The van der Waals surface area contributed by atoms with Crippen LogP contribution in [0.3, 0.4) is 0 Å². The van der Waals surface area contributed by atoms with Gasteiger partial charge in [0.25, 0.3) is 0 Å². The molecule has 0 radical (unpaired) electrons. The zero-order valence-corrected chi connectivity index (χ0v) is 40.2. The van der Waals surface area contributed by atoms with Crippen molar-refractivity contribution in [2.45, 2.75) is 230 Å². The Bertz CT molecular complexity index is 1350. The minimum absolute atomic E-state index is 0.0178. The molecule has 0 amide bonds. The van der Waals surface area contributed by atoms with E-state index in [0.29, 0.717) is 19.3 Å². The Morgan fingerprint density at radius 1 is 0.500 bits per heavy atom. The van der Waals surface area contributed by atoms with Crippen LogP contribution in [0.1, 0.15) is 187 Å². The lowest BCUT2D eigenvalue weighted by Crippen LogP contribution is -2.64. The van der Waals surface area contributed by atoms with Crippen LogP contribution >= 0.6 is 7.82 Å². The normalized spacial score (nSPS) is 22.1. The summed E-state index contributed by atoms with van der Waals surface area (Å²) in [5.74, 6) is -1.16. The second-order valence-electron chi connectivity index (χ2n) is 16.9. The van der Waals surface area contributed by atoms with E-state index in [1.165, 1.54) is 89.9 Å². The SMILES string of the molecule is CC/C=C\C/C=C\C/C=C\C/C=C\C/C=C\CCCC(=O)O[C@H](COC(=O)CCCCCCCCCCCCCCCCCCCC)COP(=O)(O)OC1C(O)C(O)C(O)[C@@H](O)C1O. The molecule has 0 aromatic carbocycles. The topological polar surface area (TPSA) is 210 Å². The third kappa shape index (κ3) is 31.5. The summed E-state index contributed by atoms with van der Waals surface area (Å²) in [7, 11) is -5.14. The molecule has 64 heavy (non-hydrogen) atoms. The summed E-state index contributed by atoms with van der Waals surface area (Å²) in [6, 6.07) is 0. The summed E-state index contributed by atoms with van der Waals surface area (Å²) in [5.41, 5.74) is 0. The fourth-order valence-electron chi connectivity index (χ4n) is 7.21. The zero-order valence-electron chi connectivity index (χ0n) is 39.3. The number of carbonyl (C=O) groups excluding carboxylic acids is 2. The van der Waals surface area contributed by atoms with E-state index >= 15 is 0 Å². The van der Waals surface area contributed by atoms with Gasteiger partial charge in [0.2, 0.25) is 0 Å². The van der Waals surface area contributed by atoms with Crippen molar-refractivity contribution in [3.05, 3.63) is 60.8 Å². The Labute approximate surface area is 385 Å². The largest absolute Gasteiger partial charge is 0.472 e. The molecule has 370 valence electrons. The first-order valence-corrected chi connectivity index (χ1v) is 26.1. The first-order chi connectivity index (χ1) is 30.9. The molecule has 8 atom stereocenters. The van der Waals surface area contributed by atoms with Gasteiger partial charge in [0, 0.05) is 12.8 Å². The second kappa shape index (κ2) is 39.7. The smallest absolute Gasteiger partial charge is 0.462 e. The molecule has 1 aliphatic rings. The van der Waals surface area contributed by atoms with Crippen molar-refractivity contribution in [1.29, 1.82) is 0 Å². The molecule has 1 saturated carbocycles. The maximum atomic E-state index is 12.8. The van der Waals surface area contributed by atoms with Gasteiger partial charge in [0.05, 0.1) is 6.61 Å². The molecule has 0 aromatic rings. The standard InChI is InChI=1S/C50H87O13P/c1-3-5-7-9-11-13-15-17-19-21-23-24-26-28-30-32-34-36-38-43(51)60-40-42(41-61-64(58,59)63-50-48(56)46(54)45(53)47(55)49(50)57)62-44(52)39-37-35-33-31-29-27-25-22-20-18-16-14-12-10-8-6-4-2/h6,8,12,14,18,20,25,27,31,33,42,45-50,53-57H,3-5,7,9-11,13,15-17,19,21-24,26,28-30,32,34-41H2,1-2H3,(H,58,59)/b8-6-,14-12-,20-18-,27-25-,33-31-/t42-,45?,46-,47?,48?,49?,50?/m1/s1. The number of esters is 2. The number of phosphoric ester groups is 1. The minimum atomic E-state index is -5.14. The number of hydrogen-bond donors (Lipinski definition) is 6. The molecule has 0 spiro atoms. The average Bonchev–Trinajstić information content (AvgIpc) is 3.28. The van der Waals surface area contributed by atoms with E-state index in [4.69, 9.17) is 18.5 Å². The average molecular weight is 927 g/mol. The Morgan fingerprint density at radius 3 is 1.34 bits per heavy atom. The van der Waals surface area contributed by atoms with Crippen LogP contribution in [0.15, 0.2) is 60.8 Å². The first-order valence-electron chi connectivity index (χ1n) is 24.6. The lowest BCUT2D eigenvalue weighted by molar-refractivity contribution is -0.220. The summed E-state index contributed by atoms with van der Waals surface area (Å²) in [4.78, 5) is 35.7. The summed E-state index contributed by atoms with van der Waals surface area (Å²) in [6.45, 7) is 3.15. The van der Waals surface area contributed by atoms with Crippen molar-refractivity contribution >= 4 is 19.8 Å². The molecule has 1 fully saturated rings. The van der Waals surface area contributed by atoms with Crippen LogP contribution in [0.2, 0.25) is 0 Å². The van der Waals surface area contributed by atoms with E-state index in [9.17, 15) is 44.6 Å². The molecule has 0 saturated heterocycles. The van der Waals surface area contributed by atoms with Gasteiger partial charge in [0.1, 0.15) is 43.2 Å². The quantitative estimate of drug-likeness (QED) is 0.0146. The minimum Gasteiger partial charge on any atom is -0.462 e. The fourth-order valence-corrected chi connectivity index (χ4v) is 8.18. The number of unbranched alkanes of at least 4 members (excludes halogenated alkanes) is 18. The molecule has 0 heterocycles. The van der Waals surface area contributed by atoms with E-state index in [-0.39, 0.29) is 12.8 Å². The zero-order chi connectivity index (χ0) is 47.1. The van der Waals surface area contributed by atoms with Gasteiger partial charge in [0.15, 0.2) is 6.10 Å². The third-order valence-electron chi connectivity index (χ3n) is 11.1. The maximum Gasteiger partial charge on any atom is 0.472 e. The maximum absolute atomic E-state index is 12.8. The number of aliphatic hydroxyl groups excluding tert-OH is 5. The first kappa shape index (κ1) is 59.6. The van der Waals surface area contributed by atoms with Gasteiger partial charge in [-0.15, -0.1) is 0 Å². The van der Waals surface area contributed by atoms with Crippen LogP contribution in [0.25, 0.3) is 0 Å². The van der Waals surface area contributed by atoms with Gasteiger partial charge in [-0.2, -0.15) is 0 Å². The van der Waals surface area contributed by atoms with E-state index < -0.39 is 75.7 Å². The molecule has 0 aliphatic heterocycles. The highest BCUT2D eigenvalue weighted by atomic mass is 31.2. The van der Waals surface area contributed by atoms with Crippen molar-refractivity contribution in [3.63, 3.8) is 0 Å². The number of phosphoric acid groups is 1. The Balaban J connectivity index is 2.46. The van der Waals surface area contributed by atoms with Crippen molar-refractivity contribution in [2.75, 3.05) is 13.2 Å². The van der Waals surface area contributed by atoms with Gasteiger partial charge >= 0.3 is 19.8 Å². The van der Waals surface area contributed by atoms with Crippen molar-refractivity contribution in [2.24, 2.45) is 0 Å². The molecule has 0 aromatic heterocycles. The summed E-state index contributed by atoms with van der Waals surface area (Å²) in [5, 5.41) is 50.2. The summed E-state index contributed by atoms with van der Waals surface area (Å²) < 4.78 is 33.5. The van der Waals surface area contributed by atoms with Crippen LogP contribution in [0.5, 0.6) is 0 Å². The molecular weight excluding hydrogens is 840 g/mol. The second-order valence-corrected chi connectivity index (χ2v) is 18.3. The van der Waals surface area contributed by atoms with Crippen LogP contribution in [-0.2, 0) is 32.7 Å². The van der Waals surface area contributed by atoms with Crippen molar-refractivity contribution in [3.8, 4) is 0 Å². The molecule has 6 unspecified atom stereocenters. The predicted octanol–water partition coefficient (Wildman–Crippen LogP) is 10.1. The molecule has 6 N–H and O–H groups in total. The van der Waals surface area contributed by atoms with Crippen LogP contribution < -0.4 is 0 Å². The number of allylic oxidation sites excluding steroid dienone is 10. The van der Waals surface area contributed by atoms with E-state index in [1.54, 1.807) is 0 Å². The number of rotatable bonds is 40. The van der Waals surface area contributed by atoms with Gasteiger partial charge in [-0.1, -0.05) is 184 Å². The van der Waals surface area contributed by atoms with Crippen LogP contribution in [0.4, 0.5) is 0 Å². The molecule has 1 aliphatic carbocycles. The number of ether oxygens (including phenoxy) is 2. The van der Waals surface area contributed by atoms with Gasteiger partial charge < -0.3 is 39.9 Å². The molecular formula is C50H87O13P. The van der Waals surface area contributed by atoms with Crippen molar-refractivity contribution < 1.29 is 63.1 Å². The van der Waals surface area contributed by atoms with Gasteiger partial charge in [-0.25, -0.2) is 4.57 Å². The van der Waals surface area contributed by atoms with E-state index in [1.807, 2.05) is 12.2 Å². The van der Waals surface area contributed by atoms with Crippen molar-refractivity contribution in [1.82, 2.24) is 0 Å². The molecule has 1 rings (SSSR count). The number of hydrogen-bond acceptors (Lipinski definition) is 12. The van der Waals surface area contributed by atoms with Crippen LogP contribution in [0, 0.1) is 0 Å². The lowest BCUT2D eigenvalue weighted by Gasteiger charge is -2.41. The monoisotopic (exact) mass is 927 g/mol. The van der Waals surface area contributed by atoms with Gasteiger partial charge in [-0.05, 0) is 51.4 Å². The Kier molecular flexibility index (Phi) is 36.9. The predicted molar refractivity (Wildman–Crippen MR) is 253 cm³/mol. The Morgan fingerprint density at radius 2 is 0.891 bits per heavy atom. The van der Waals surface area contributed by atoms with Gasteiger partial charge in [-0.3, -0.25) is 18.6 Å². The highest BCUT2D eigenvalue weighted by Crippen LogP contribution is 2.47. The van der Waals surface area contributed by atoms with Crippen LogP contribution in [-0.4, -0.2) is 98.3 Å². The Hall–Kier alpha value is -2.45. The summed E-state index contributed by atoms with van der Waals surface area (Å²) in [6.07, 6.45) is 35.6.